The average molecular weight is 959 g/mol. The van der Waals surface area contributed by atoms with Gasteiger partial charge in [-0.15, -0.1) is 22.7 Å². The quantitative estimate of drug-likeness (QED) is 0.0879. The molecule has 0 spiro atoms. The zero-order valence-electron chi connectivity index (χ0n) is 39.8. The van der Waals surface area contributed by atoms with Gasteiger partial charge in [0.05, 0.1) is 36.1 Å². The zero-order valence-corrected chi connectivity index (χ0v) is 43.0. The van der Waals surface area contributed by atoms with Gasteiger partial charge in [-0.2, -0.15) is 0 Å². The zero-order chi connectivity index (χ0) is 45.9. The Bertz CT molecular complexity index is 2420. The van der Waals surface area contributed by atoms with Crippen LogP contribution in [-0.4, -0.2) is 34.7 Å². The molecule has 2 atom stereocenters. The molecular weight excluding hydrogens is 891 g/mol. The van der Waals surface area contributed by atoms with Crippen LogP contribution < -0.4 is 4.90 Å². The average Bonchev–Trinajstić information content (AvgIpc) is 4.06. The first-order valence-corrected chi connectivity index (χ1v) is 26.1. The number of carbonyl (C=O) groups excluding carboxylic acids is 2. The lowest BCUT2D eigenvalue weighted by atomic mass is 9.86. The fourth-order valence-corrected chi connectivity index (χ4v) is 11.6. The molecule has 7 rings (SSSR count). The van der Waals surface area contributed by atoms with Crippen LogP contribution in [0.2, 0.25) is 0 Å². The number of nitrogens with zero attached hydrogens (tertiary/aromatic N) is 3. The van der Waals surface area contributed by atoms with Gasteiger partial charge < -0.3 is 14.7 Å². The Morgan fingerprint density at radius 1 is 0.531 bits per heavy atom. The van der Waals surface area contributed by atoms with Crippen LogP contribution in [0.15, 0.2) is 112 Å². The lowest BCUT2D eigenvalue weighted by Gasteiger charge is -2.29. The molecule has 338 valence electrons. The molecule has 2 aromatic heterocycles. The standard InChI is InChI=1S/C56H68BrN3O2S2/c1-11-15-17-37(13-3)35-58-51(49-50(54(58)62)52(47-33-34-48(57)64-47)59(53(49)61)36-38(14-4)18-16-12-2)46-32-31-45(63-46)39-19-25-42(26-20-39)60(43-27-21-40(22-28-43)55(5,6)7)44-29-23-41(24-30-44)56(8,9)10/h19-34,37-38H,11-18,35-36H2,1-10H3. The Labute approximate surface area is 400 Å². The van der Waals surface area contributed by atoms with Crippen molar-refractivity contribution >= 4 is 78.9 Å². The van der Waals surface area contributed by atoms with Gasteiger partial charge in [-0.3, -0.25) is 9.59 Å². The van der Waals surface area contributed by atoms with E-state index in [1.54, 1.807) is 22.7 Å². The minimum absolute atomic E-state index is 0.0395. The van der Waals surface area contributed by atoms with Crippen LogP contribution >= 0.6 is 38.6 Å². The molecule has 5 nitrogen and oxygen atoms in total. The molecule has 2 aliphatic rings. The summed E-state index contributed by atoms with van der Waals surface area (Å²) in [6.45, 7) is 23.6. The number of unbranched alkanes of at least 4 members (excludes halogenated alkanes) is 2. The molecule has 64 heavy (non-hydrogen) atoms. The van der Waals surface area contributed by atoms with Gasteiger partial charge in [-0.25, -0.2) is 0 Å². The third-order valence-electron chi connectivity index (χ3n) is 13.2. The van der Waals surface area contributed by atoms with Gasteiger partial charge >= 0.3 is 0 Å². The highest BCUT2D eigenvalue weighted by Gasteiger charge is 2.50. The molecule has 0 saturated carbocycles. The fraction of sp³-hybridized carbons (Fsp3) is 0.429. The van der Waals surface area contributed by atoms with E-state index in [9.17, 15) is 0 Å². The first-order valence-electron chi connectivity index (χ1n) is 23.7. The number of anilines is 3. The van der Waals surface area contributed by atoms with Gasteiger partial charge in [0, 0.05) is 35.0 Å². The summed E-state index contributed by atoms with van der Waals surface area (Å²) in [5, 5.41) is 0. The molecular formula is C56H68BrN3O2S2. The van der Waals surface area contributed by atoms with Gasteiger partial charge in [0.2, 0.25) is 0 Å². The monoisotopic (exact) mass is 957 g/mol. The summed E-state index contributed by atoms with van der Waals surface area (Å²) in [4.78, 5) is 39.5. The second kappa shape index (κ2) is 20.1. The number of carbonyl (C=O) groups is 2. The van der Waals surface area contributed by atoms with E-state index in [1.807, 2.05) is 15.9 Å². The molecule has 0 radical (unpaired) electrons. The predicted molar refractivity (Wildman–Crippen MR) is 278 cm³/mol. The molecule has 8 heteroatoms. The predicted octanol–water partition coefficient (Wildman–Crippen LogP) is 16.5. The van der Waals surface area contributed by atoms with Crippen LogP contribution in [-0.2, 0) is 20.4 Å². The lowest BCUT2D eigenvalue weighted by molar-refractivity contribution is -0.124. The smallest absolute Gasteiger partial charge is 0.261 e. The Balaban J connectivity index is 1.29. The summed E-state index contributed by atoms with van der Waals surface area (Å²) >= 11 is 6.96. The van der Waals surface area contributed by atoms with Crippen LogP contribution in [0, 0.1) is 11.8 Å². The molecule has 5 aromatic rings. The number of thiophene rings is 2. The molecule has 4 heterocycles. The third-order valence-corrected chi connectivity index (χ3v) is 16.0. The van der Waals surface area contributed by atoms with Crippen LogP contribution in [0.3, 0.4) is 0 Å². The molecule has 2 aliphatic heterocycles. The Morgan fingerprint density at radius 3 is 1.30 bits per heavy atom. The molecule has 0 saturated heterocycles. The first-order chi connectivity index (χ1) is 30.6. The maximum absolute atomic E-state index is 15.1. The maximum atomic E-state index is 15.1. The van der Waals surface area contributed by atoms with E-state index in [0.717, 1.165) is 104 Å². The minimum atomic E-state index is -0.0395. The SMILES string of the molecule is CCCCC(CC)CN1C(=O)C2=C(c3ccc(-c4ccc(N(c5ccc(C(C)(C)C)cc5)c5ccc(C(C)(C)C)cc5)cc4)s3)N(CC(CC)CCCC)C(=O)C2=C1c1ccc(Br)s1. The summed E-state index contributed by atoms with van der Waals surface area (Å²) in [5.74, 6) is 0.616. The van der Waals surface area contributed by atoms with Crippen molar-refractivity contribution in [2.45, 2.75) is 131 Å². The lowest BCUT2D eigenvalue weighted by Crippen LogP contribution is -2.34. The van der Waals surface area contributed by atoms with Crippen molar-refractivity contribution in [2.24, 2.45) is 11.8 Å². The van der Waals surface area contributed by atoms with Crippen molar-refractivity contribution in [1.29, 1.82) is 0 Å². The number of amides is 2. The maximum Gasteiger partial charge on any atom is 0.261 e. The molecule has 2 unspecified atom stereocenters. The van der Waals surface area contributed by atoms with Crippen molar-refractivity contribution in [3.8, 4) is 10.4 Å². The fourth-order valence-electron chi connectivity index (χ4n) is 9.11. The summed E-state index contributed by atoms with van der Waals surface area (Å²) in [6.07, 6.45) is 8.56. The third kappa shape index (κ3) is 10.1. The van der Waals surface area contributed by atoms with Crippen molar-refractivity contribution in [2.75, 3.05) is 18.0 Å². The van der Waals surface area contributed by atoms with E-state index in [2.05, 4.69) is 181 Å². The highest BCUT2D eigenvalue weighted by molar-refractivity contribution is 9.11. The highest BCUT2D eigenvalue weighted by Crippen LogP contribution is 2.50. The summed E-state index contributed by atoms with van der Waals surface area (Å²) in [5.41, 5.74) is 9.84. The molecule has 0 N–H and O–H groups in total. The van der Waals surface area contributed by atoms with Gasteiger partial charge in [-0.05, 0) is 129 Å². The van der Waals surface area contributed by atoms with Gasteiger partial charge in [-0.1, -0.05) is 144 Å². The van der Waals surface area contributed by atoms with Gasteiger partial charge in [0.15, 0.2) is 0 Å². The van der Waals surface area contributed by atoms with Crippen molar-refractivity contribution in [1.82, 2.24) is 9.80 Å². The van der Waals surface area contributed by atoms with Gasteiger partial charge in [0.1, 0.15) is 0 Å². The van der Waals surface area contributed by atoms with Crippen LogP contribution in [0.4, 0.5) is 17.1 Å². The topological polar surface area (TPSA) is 43.9 Å². The van der Waals surface area contributed by atoms with E-state index < -0.39 is 0 Å². The molecule has 0 bridgehead atoms. The molecule has 0 fully saturated rings. The first kappa shape index (κ1) is 47.7. The van der Waals surface area contributed by atoms with E-state index in [1.165, 1.54) is 11.1 Å². The van der Waals surface area contributed by atoms with E-state index >= 15 is 9.59 Å². The number of hydrogen-bond acceptors (Lipinski definition) is 5. The molecule has 3 aromatic carbocycles. The Kier molecular flexibility index (Phi) is 15.0. The summed E-state index contributed by atoms with van der Waals surface area (Å²) in [6, 6.07) is 35.2. The molecule has 0 aliphatic carbocycles. The van der Waals surface area contributed by atoms with E-state index in [0.29, 0.717) is 36.1 Å². The largest absolute Gasteiger partial charge is 0.311 e. The van der Waals surface area contributed by atoms with Crippen molar-refractivity contribution < 1.29 is 9.59 Å². The number of halogens is 1. The molecule has 2 amide bonds. The van der Waals surface area contributed by atoms with Gasteiger partial charge in [0.25, 0.3) is 11.8 Å². The van der Waals surface area contributed by atoms with Crippen LogP contribution in [0.25, 0.3) is 21.8 Å². The van der Waals surface area contributed by atoms with E-state index in [-0.39, 0.29) is 22.6 Å². The normalized spacial score (nSPS) is 15.5. The number of fused-ring (bicyclic) bond motifs is 1. The number of rotatable bonds is 18. The van der Waals surface area contributed by atoms with Crippen molar-refractivity contribution in [3.05, 3.63) is 133 Å². The summed E-state index contributed by atoms with van der Waals surface area (Å²) < 4.78 is 0.987. The highest BCUT2D eigenvalue weighted by atomic mass is 79.9. The number of benzene rings is 3. The Morgan fingerprint density at radius 2 is 0.922 bits per heavy atom. The van der Waals surface area contributed by atoms with Crippen LogP contribution in [0.5, 0.6) is 0 Å². The van der Waals surface area contributed by atoms with Crippen molar-refractivity contribution in [3.63, 3.8) is 0 Å². The minimum Gasteiger partial charge on any atom is -0.311 e. The second-order valence-corrected chi connectivity index (χ2v) is 23.4. The second-order valence-electron chi connectivity index (χ2n) is 19.9. The number of hydrogen-bond donors (Lipinski definition) is 0. The Hall–Kier alpha value is -4.24. The van der Waals surface area contributed by atoms with E-state index in [4.69, 9.17) is 0 Å². The van der Waals surface area contributed by atoms with Crippen LogP contribution in [0.1, 0.15) is 141 Å². The summed E-state index contributed by atoms with van der Waals surface area (Å²) in [7, 11) is 0.